The molecule has 2 rings (SSSR count). The fourth-order valence-corrected chi connectivity index (χ4v) is 2.72. The van der Waals surface area contributed by atoms with Crippen molar-refractivity contribution in [1.29, 1.82) is 5.26 Å². The summed E-state index contributed by atoms with van der Waals surface area (Å²) in [6, 6.07) is 10.2. The molecule has 0 bridgehead atoms. The first-order valence-electron chi connectivity index (χ1n) is 6.59. The van der Waals surface area contributed by atoms with E-state index in [1.54, 1.807) is 0 Å². The van der Waals surface area contributed by atoms with Gasteiger partial charge < -0.3 is 9.80 Å². The molecular weight excluding hydrogens is 222 g/mol. The van der Waals surface area contributed by atoms with Gasteiger partial charge >= 0.3 is 0 Å². The van der Waals surface area contributed by atoms with E-state index in [1.807, 2.05) is 18.2 Å². The highest BCUT2D eigenvalue weighted by Crippen LogP contribution is 2.26. The summed E-state index contributed by atoms with van der Waals surface area (Å²) in [5.74, 6) is 0.797. The number of benzene rings is 1. The van der Waals surface area contributed by atoms with E-state index in [9.17, 15) is 0 Å². The number of anilines is 1. The molecular formula is C15H21N3. The van der Waals surface area contributed by atoms with Crippen LogP contribution in [-0.4, -0.2) is 38.6 Å². The number of hydrogen-bond acceptors (Lipinski definition) is 3. The van der Waals surface area contributed by atoms with Crippen molar-refractivity contribution in [3.05, 3.63) is 29.8 Å². The number of para-hydroxylation sites is 1. The monoisotopic (exact) mass is 243 g/mol. The molecule has 0 amide bonds. The first-order chi connectivity index (χ1) is 8.70. The van der Waals surface area contributed by atoms with Gasteiger partial charge in [0.2, 0.25) is 0 Å². The number of piperidine rings is 1. The minimum atomic E-state index is 0.795. The van der Waals surface area contributed by atoms with Gasteiger partial charge in [-0.1, -0.05) is 12.1 Å². The highest BCUT2D eigenvalue weighted by Gasteiger charge is 2.21. The lowest BCUT2D eigenvalue weighted by Gasteiger charge is -2.35. The second kappa shape index (κ2) is 5.88. The van der Waals surface area contributed by atoms with Crippen molar-refractivity contribution in [3.8, 4) is 6.07 Å². The Labute approximate surface area is 110 Å². The maximum atomic E-state index is 9.14. The van der Waals surface area contributed by atoms with Crippen LogP contribution in [0.3, 0.4) is 0 Å². The average molecular weight is 243 g/mol. The standard InChI is InChI=1S/C15H21N3/c1-17(2)12-13-7-9-18(10-8-13)15-6-4-3-5-14(15)11-16/h3-6,13H,7-10,12H2,1-2H3. The molecule has 0 saturated carbocycles. The van der Waals surface area contributed by atoms with Crippen molar-refractivity contribution in [2.75, 3.05) is 38.6 Å². The van der Waals surface area contributed by atoms with Gasteiger partial charge in [-0.2, -0.15) is 5.26 Å². The van der Waals surface area contributed by atoms with Crippen LogP contribution in [0.1, 0.15) is 18.4 Å². The fourth-order valence-electron chi connectivity index (χ4n) is 2.72. The van der Waals surface area contributed by atoms with E-state index in [-0.39, 0.29) is 0 Å². The molecule has 3 nitrogen and oxygen atoms in total. The van der Waals surface area contributed by atoms with Crippen molar-refractivity contribution in [2.45, 2.75) is 12.8 Å². The Morgan fingerprint density at radius 2 is 1.94 bits per heavy atom. The molecule has 0 N–H and O–H groups in total. The van der Waals surface area contributed by atoms with Gasteiger partial charge in [-0.3, -0.25) is 0 Å². The van der Waals surface area contributed by atoms with Crippen molar-refractivity contribution in [1.82, 2.24) is 4.90 Å². The Kier molecular flexibility index (Phi) is 4.22. The summed E-state index contributed by atoms with van der Waals surface area (Å²) in [7, 11) is 4.27. The number of rotatable bonds is 3. The van der Waals surface area contributed by atoms with Crippen LogP contribution < -0.4 is 4.90 Å². The summed E-state index contributed by atoms with van der Waals surface area (Å²) in [6.07, 6.45) is 2.44. The van der Waals surface area contributed by atoms with Gasteiger partial charge in [0, 0.05) is 19.6 Å². The van der Waals surface area contributed by atoms with E-state index in [0.29, 0.717) is 0 Å². The van der Waals surface area contributed by atoms with Crippen LogP contribution in [-0.2, 0) is 0 Å². The lowest BCUT2D eigenvalue weighted by atomic mass is 9.95. The molecule has 1 aliphatic rings. The molecule has 0 aromatic heterocycles. The number of nitriles is 1. The molecule has 1 aromatic carbocycles. The molecule has 18 heavy (non-hydrogen) atoms. The normalized spacial score (nSPS) is 16.9. The minimum Gasteiger partial charge on any atom is -0.370 e. The molecule has 1 heterocycles. The van der Waals surface area contributed by atoms with E-state index in [4.69, 9.17) is 5.26 Å². The second-order valence-electron chi connectivity index (χ2n) is 5.32. The van der Waals surface area contributed by atoms with Crippen LogP contribution in [0, 0.1) is 17.2 Å². The van der Waals surface area contributed by atoms with Crippen LogP contribution in [0.25, 0.3) is 0 Å². The smallest absolute Gasteiger partial charge is 0.101 e. The van der Waals surface area contributed by atoms with Crippen molar-refractivity contribution < 1.29 is 0 Å². The van der Waals surface area contributed by atoms with Gasteiger partial charge in [0.1, 0.15) is 6.07 Å². The van der Waals surface area contributed by atoms with Gasteiger partial charge in [0.05, 0.1) is 11.3 Å². The highest BCUT2D eigenvalue weighted by atomic mass is 15.1. The van der Waals surface area contributed by atoms with E-state index in [1.165, 1.54) is 19.4 Å². The fraction of sp³-hybridized carbons (Fsp3) is 0.533. The maximum Gasteiger partial charge on any atom is 0.101 e. The zero-order chi connectivity index (χ0) is 13.0. The second-order valence-corrected chi connectivity index (χ2v) is 5.32. The van der Waals surface area contributed by atoms with Crippen LogP contribution in [0.5, 0.6) is 0 Å². The third kappa shape index (κ3) is 3.02. The number of hydrogen-bond donors (Lipinski definition) is 0. The summed E-state index contributed by atoms with van der Waals surface area (Å²) in [6.45, 7) is 3.31. The van der Waals surface area contributed by atoms with Crippen molar-refractivity contribution in [2.24, 2.45) is 5.92 Å². The summed E-state index contributed by atoms with van der Waals surface area (Å²) < 4.78 is 0. The topological polar surface area (TPSA) is 30.3 Å². The lowest BCUT2D eigenvalue weighted by Crippen LogP contribution is -2.37. The zero-order valence-electron chi connectivity index (χ0n) is 11.3. The molecule has 3 heteroatoms. The summed E-state index contributed by atoms with van der Waals surface area (Å²) in [5.41, 5.74) is 1.90. The summed E-state index contributed by atoms with van der Waals surface area (Å²) in [5, 5.41) is 9.14. The van der Waals surface area contributed by atoms with E-state index < -0.39 is 0 Å². The Hall–Kier alpha value is -1.53. The molecule has 96 valence electrons. The van der Waals surface area contributed by atoms with Crippen molar-refractivity contribution >= 4 is 5.69 Å². The maximum absolute atomic E-state index is 9.14. The van der Waals surface area contributed by atoms with Crippen LogP contribution in [0.2, 0.25) is 0 Å². The first kappa shape index (κ1) is 12.9. The average Bonchev–Trinajstić information content (AvgIpc) is 2.39. The Morgan fingerprint density at radius 3 is 2.56 bits per heavy atom. The largest absolute Gasteiger partial charge is 0.370 e. The van der Waals surface area contributed by atoms with Crippen LogP contribution in [0.15, 0.2) is 24.3 Å². The number of nitrogens with zero attached hydrogens (tertiary/aromatic N) is 3. The van der Waals surface area contributed by atoms with Gasteiger partial charge in [-0.15, -0.1) is 0 Å². The van der Waals surface area contributed by atoms with E-state index in [2.05, 4.69) is 36.0 Å². The molecule has 0 aliphatic carbocycles. The first-order valence-corrected chi connectivity index (χ1v) is 6.59. The third-order valence-electron chi connectivity index (χ3n) is 3.60. The van der Waals surface area contributed by atoms with Crippen molar-refractivity contribution in [3.63, 3.8) is 0 Å². The lowest BCUT2D eigenvalue weighted by molar-refractivity contribution is 0.285. The SMILES string of the molecule is CN(C)CC1CCN(c2ccccc2C#N)CC1. The van der Waals surface area contributed by atoms with Gasteiger partial charge in [0.25, 0.3) is 0 Å². The molecule has 1 aromatic rings. The van der Waals surface area contributed by atoms with E-state index in [0.717, 1.165) is 30.3 Å². The highest BCUT2D eigenvalue weighted by molar-refractivity contribution is 5.59. The molecule has 0 unspecified atom stereocenters. The Morgan fingerprint density at radius 1 is 1.28 bits per heavy atom. The summed E-state index contributed by atoms with van der Waals surface area (Å²) >= 11 is 0. The minimum absolute atomic E-state index is 0.795. The van der Waals surface area contributed by atoms with Crippen LogP contribution in [0.4, 0.5) is 5.69 Å². The quantitative estimate of drug-likeness (QED) is 0.816. The molecule has 1 fully saturated rings. The molecule has 0 atom stereocenters. The Balaban J connectivity index is 1.99. The van der Waals surface area contributed by atoms with Crippen LogP contribution >= 0.6 is 0 Å². The molecule has 1 saturated heterocycles. The Bertz CT molecular complexity index is 426. The predicted molar refractivity (Wildman–Crippen MR) is 74.6 cm³/mol. The predicted octanol–water partition coefficient (Wildman–Crippen LogP) is 2.34. The van der Waals surface area contributed by atoms with Gasteiger partial charge in [-0.05, 0) is 45.0 Å². The molecule has 1 aliphatic heterocycles. The van der Waals surface area contributed by atoms with Gasteiger partial charge in [0.15, 0.2) is 0 Å². The summed E-state index contributed by atoms with van der Waals surface area (Å²) in [4.78, 5) is 4.62. The van der Waals surface area contributed by atoms with Gasteiger partial charge in [-0.25, -0.2) is 0 Å². The molecule has 0 radical (unpaired) electrons. The zero-order valence-corrected chi connectivity index (χ0v) is 11.3. The van der Waals surface area contributed by atoms with E-state index >= 15 is 0 Å². The third-order valence-corrected chi connectivity index (χ3v) is 3.60. The molecule has 0 spiro atoms.